The lowest BCUT2D eigenvalue weighted by molar-refractivity contribution is -0.384. The van der Waals surface area contributed by atoms with E-state index < -0.39 is 16.6 Å². The Morgan fingerprint density at radius 3 is 2.74 bits per heavy atom. The van der Waals surface area contributed by atoms with Crippen molar-refractivity contribution in [2.24, 2.45) is 0 Å². The van der Waals surface area contributed by atoms with Crippen LogP contribution in [0.4, 0.5) is 10.5 Å². The number of benzene rings is 1. The molecule has 2 N–H and O–H groups in total. The molecule has 1 saturated carbocycles. The molecule has 1 fully saturated rings. The molecule has 2 atom stereocenters. The number of hydrogen-bond acceptors (Lipinski definition) is 5. The highest BCUT2D eigenvalue weighted by atomic mass is 35.5. The molecule has 2 unspecified atom stereocenters. The van der Waals surface area contributed by atoms with Crippen LogP contribution in [0, 0.1) is 10.1 Å². The first kappa shape index (κ1) is 17.5. The third kappa shape index (κ3) is 5.37. The van der Waals surface area contributed by atoms with Crippen LogP contribution in [0.5, 0.6) is 0 Å². The van der Waals surface area contributed by atoms with Gasteiger partial charge < -0.3 is 15.4 Å². The average Bonchev–Trinajstić information content (AvgIpc) is 3.13. The predicted molar refractivity (Wildman–Crippen MR) is 86.5 cm³/mol. The summed E-state index contributed by atoms with van der Waals surface area (Å²) >= 11 is 6.05. The molecular weight excluding hydrogens is 322 g/mol. The number of alkyl carbamates (subject to hydrolysis) is 1. The van der Waals surface area contributed by atoms with E-state index in [4.69, 9.17) is 16.3 Å². The topological polar surface area (TPSA) is 93.5 Å². The Hall–Kier alpha value is -1.86. The second-order valence-electron chi connectivity index (χ2n) is 6.51. The lowest BCUT2D eigenvalue weighted by Crippen LogP contribution is -2.36. The van der Waals surface area contributed by atoms with Gasteiger partial charge in [-0.15, -0.1) is 0 Å². The summed E-state index contributed by atoms with van der Waals surface area (Å²) in [5.41, 5.74) is 0.132. The van der Waals surface area contributed by atoms with Crippen molar-refractivity contribution < 1.29 is 14.5 Å². The van der Waals surface area contributed by atoms with Crippen LogP contribution in [0.3, 0.4) is 0 Å². The van der Waals surface area contributed by atoms with Gasteiger partial charge >= 0.3 is 6.09 Å². The fourth-order valence-electron chi connectivity index (χ4n) is 2.09. The zero-order valence-corrected chi connectivity index (χ0v) is 14.0. The van der Waals surface area contributed by atoms with Crippen LogP contribution < -0.4 is 10.6 Å². The minimum atomic E-state index is -0.529. The number of nitro benzene ring substituents is 1. The second kappa shape index (κ2) is 6.72. The third-order valence-corrected chi connectivity index (χ3v) is 3.66. The number of hydrogen-bond donors (Lipinski definition) is 2. The molecule has 1 aliphatic rings. The Morgan fingerprint density at radius 2 is 2.13 bits per heavy atom. The Labute approximate surface area is 139 Å². The molecule has 0 aliphatic heterocycles. The van der Waals surface area contributed by atoms with Crippen molar-refractivity contribution in [2.45, 2.75) is 51.4 Å². The van der Waals surface area contributed by atoms with E-state index in [1.54, 1.807) is 20.8 Å². The van der Waals surface area contributed by atoms with Crippen LogP contribution in [-0.2, 0) is 11.3 Å². The van der Waals surface area contributed by atoms with E-state index in [0.717, 1.165) is 6.42 Å². The van der Waals surface area contributed by atoms with Crippen LogP contribution >= 0.6 is 11.6 Å². The number of nitrogens with zero attached hydrogens (tertiary/aromatic N) is 1. The number of amides is 1. The maximum Gasteiger partial charge on any atom is 0.407 e. The molecule has 2 rings (SSSR count). The number of ether oxygens (including phenoxy) is 1. The van der Waals surface area contributed by atoms with Crippen molar-refractivity contribution in [2.75, 3.05) is 0 Å². The fourth-order valence-corrected chi connectivity index (χ4v) is 2.27. The van der Waals surface area contributed by atoms with E-state index in [2.05, 4.69) is 10.6 Å². The van der Waals surface area contributed by atoms with Crippen LogP contribution in [0.25, 0.3) is 0 Å². The average molecular weight is 342 g/mol. The molecule has 126 valence electrons. The summed E-state index contributed by atoms with van der Waals surface area (Å²) in [7, 11) is 0. The molecule has 1 aromatic rings. The van der Waals surface area contributed by atoms with Crippen LogP contribution in [0.1, 0.15) is 32.8 Å². The van der Waals surface area contributed by atoms with E-state index in [1.165, 1.54) is 18.2 Å². The van der Waals surface area contributed by atoms with Gasteiger partial charge in [0, 0.05) is 35.8 Å². The molecule has 1 amide bonds. The zero-order valence-electron chi connectivity index (χ0n) is 13.3. The molecule has 1 aliphatic carbocycles. The minimum absolute atomic E-state index is 0.00215. The summed E-state index contributed by atoms with van der Waals surface area (Å²) in [6.07, 6.45) is 0.339. The molecule has 7 nitrogen and oxygen atoms in total. The molecule has 8 heteroatoms. The SMILES string of the molecule is CC(C)(C)OC(=O)NC1CC1NCc1cc([N+](=O)[O-])ccc1Cl. The Bertz CT molecular complexity index is 615. The second-order valence-corrected chi connectivity index (χ2v) is 6.92. The first-order valence-corrected chi connectivity index (χ1v) is 7.69. The molecule has 23 heavy (non-hydrogen) atoms. The zero-order chi connectivity index (χ0) is 17.2. The van der Waals surface area contributed by atoms with Crippen LogP contribution in [0.15, 0.2) is 18.2 Å². The monoisotopic (exact) mass is 341 g/mol. The smallest absolute Gasteiger partial charge is 0.407 e. The van der Waals surface area contributed by atoms with Gasteiger partial charge in [0.2, 0.25) is 0 Å². The van der Waals surface area contributed by atoms with E-state index in [-0.39, 0.29) is 17.8 Å². The molecule has 0 bridgehead atoms. The first-order valence-electron chi connectivity index (χ1n) is 7.31. The number of nitrogens with one attached hydrogen (secondary N) is 2. The normalized spacial score (nSPS) is 20.0. The number of nitro groups is 1. The quantitative estimate of drug-likeness (QED) is 0.634. The first-order chi connectivity index (χ1) is 10.7. The van der Waals surface area contributed by atoms with Gasteiger partial charge in [0.05, 0.1) is 4.92 Å². The van der Waals surface area contributed by atoms with E-state index in [0.29, 0.717) is 17.1 Å². The minimum Gasteiger partial charge on any atom is -0.444 e. The highest BCUT2D eigenvalue weighted by molar-refractivity contribution is 6.31. The maximum atomic E-state index is 11.6. The van der Waals surface area contributed by atoms with Gasteiger partial charge in [-0.2, -0.15) is 0 Å². The summed E-state index contributed by atoms with van der Waals surface area (Å²) < 4.78 is 5.19. The van der Waals surface area contributed by atoms with Crippen molar-refractivity contribution in [3.8, 4) is 0 Å². The van der Waals surface area contributed by atoms with E-state index in [9.17, 15) is 14.9 Å². The van der Waals surface area contributed by atoms with Gasteiger partial charge in [0.15, 0.2) is 0 Å². The lowest BCUT2D eigenvalue weighted by Gasteiger charge is -2.19. The van der Waals surface area contributed by atoms with Crippen molar-refractivity contribution in [3.05, 3.63) is 38.9 Å². The summed E-state index contributed by atoms with van der Waals surface area (Å²) in [5.74, 6) is 0. The standard InChI is InChI=1S/C15H20ClN3O4/c1-15(2,3)23-14(20)18-13-7-12(13)17-8-9-6-10(19(21)22)4-5-11(9)16/h4-6,12-13,17H,7-8H2,1-3H3,(H,18,20). The Balaban J connectivity index is 1.81. The number of carbonyl (C=O) groups excluding carboxylic acids is 1. The highest BCUT2D eigenvalue weighted by Gasteiger charge is 2.39. The van der Waals surface area contributed by atoms with Gasteiger partial charge in [-0.05, 0) is 38.8 Å². The number of rotatable bonds is 5. The Kier molecular flexibility index (Phi) is 5.11. The molecule has 0 radical (unpaired) electrons. The van der Waals surface area contributed by atoms with Crippen LogP contribution in [0.2, 0.25) is 5.02 Å². The van der Waals surface area contributed by atoms with Crippen LogP contribution in [-0.4, -0.2) is 28.7 Å². The maximum absolute atomic E-state index is 11.6. The largest absolute Gasteiger partial charge is 0.444 e. The molecule has 0 aromatic heterocycles. The summed E-state index contributed by atoms with van der Waals surface area (Å²) in [6.45, 7) is 5.82. The molecule has 0 saturated heterocycles. The fraction of sp³-hybridized carbons (Fsp3) is 0.533. The van der Waals surface area contributed by atoms with Gasteiger partial charge in [0.1, 0.15) is 5.60 Å². The van der Waals surface area contributed by atoms with Gasteiger partial charge in [-0.3, -0.25) is 10.1 Å². The van der Waals surface area contributed by atoms with E-state index in [1.807, 2.05) is 0 Å². The third-order valence-electron chi connectivity index (χ3n) is 3.29. The summed E-state index contributed by atoms with van der Waals surface area (Å²) in [5, 5.41) is 17.3. The van der Waals surface area contributed by atoms with Crippen molar-refractivity contribution in [1.29, 1.82) is 0 Å². The lowest BCUT2D eigenvalue weighted by atomic mass is 10.2. The number of carbonyl (C=O) groups is 1. The van der Waals surface area contributed by atoms with Gasteiger partial charge in [-0.1, -0.05) is 11.6 Å². The van der Waals surface area contributed by atoms with Crippen molar-refractivity contribution in [3.63, 3.8) is 0 Å². The predicted octanol–water partition coefficient (Wildman–Crippen LogP) is 3.00. The molecule has 0 spiro atoms. The van der Waals surface area contributed by atoms with Crippen molar-refractivity contribution >= 4 is 23.4 Å². The van der Waals surface area contributed by atoms with E-state index >= 15 is 0 Å². The number of non-ortho nitro benzene ring substituents is 1. The Morgan fingerprint density at radius 1 is 1.43 bits per heavy atom. The highest BCUT2D eigenvalue weighted by Crippen LogP contribution is 2.25. The molecular formula is C15H20ClN3O4. The van der Waals surface area contributed by atoms with Gasteiger partial charge in [-0.25, -0.2) is 4.79 Å². The summed E-state index contributed by atoms with van der Waals surface area (Å²) in [4.78, 5) is 22.0. The van der Waals surface area contributed by atoms with Gasteiger partial charge in [0.25, 0.3) is 5.69 Å². The molecule has 0 heterocycles. The summed E-state index contributed by atoms with van der Waals surface area (Å²) in [6, 6.07) is 4.45. The number of halogens is 1. The molecule has 1 aromatic carbocycles. The van der Waals surface area contributed by atoms with Crippen molar-refractivity contribution in [1.82, 2.24) is 10.6 Å².